The first-order chi connectivity index (χ1) is 17.5. The molecule has 5 rings (SSSR count). The number of amides is 2. The van der Waals surface area contributed by atoms with Crippen LogP contribution in [-0.2, 0) is 17.9 Å². The summed E-state index contributed by atoms with van der Waals surface area (Å²) in [4.78, 5) is 38.1. The number of thioether (sulfide) groups is 1. The number of nitro groups is 1. The van der Waals surface area contributed by atoms with Gasteiger partial charge in [-0.1, -0.05) is 78.9 Å². The first-order valence-electron chi connectivity index (χ1n) is 11.2. The minimum Gasteiger partial charge on any atom is -0.488 e. The molecule has 178 valence electrons. The van der Waals surface area contributed by atoms with Crippen molar-refractivity contribution in [2.75, 3.05) is 0 Å². The summed E-state index contributed by atoms with van der Waals surface area (Å²) in [6.45, 7) is 0.172. The molecule has 4 aromatic carbocycles. The van der Waals surface area contributed by atoms with Crippen molar-refractivity contribution in [1.82, 2.24) is 4.90 Å². The Morgan fingerprint density at radius 3 is 2.42 bits per heavy atom. The Hall–Kier alpha value is -4.43. The number of carbonyl (C=O) groups excluding carboxylic acids is 2. The number of para-hydroxylation sites is 1. The highest BCUT2D eigenvalue weighted by atomic mass is 32.2. The molecule has 0 N–H and O–H groups in total. The van der Waals surface area contributed by atoms with Gasteiger partial charge in [-0.15, -0.1) is 0 Å². The van der Waals surface area contributed by atoms with Gasteiger partial charge in [0.1, 0.15) is 12.4 Å². The number of imide groups is 1. The van der Waals surface area contributed by atoms with E-state index < -0.39 is 16.1 Å². The maximum Gasteiger partial charge on any atom is 0.293 e. The Balaban J connectivity index is 1.49. The number of benzene rings is 4. The number of nitro benzene ring substituents is 1. The average molecular weight is 497 g/mol. The summed E-state index contributed by atoms with van der Waals surface area (Å²) in [6, 6.07) is 27.4. The van der Waals surface area contributed by atoms with Crippen LogP contribution in [0.15, 0.2) is 95.9 Å². The minimum absolute atomic E-state index is 0.133. The molecular weight excluding hydrogens is 476 g/mol. The van der Waals surface area contributed by atoms with E-state index in [2.05, 4.69) is 0 Å². The third kappa shape index (κ3) is 4.71. The summed E-state index contributed by atoms with van der Waals surface area (Å²) in [5.74, 6) is 0.0909. The zero-order valence-electron chi connectivity index (χ0n) is 19.0. The zero-order valence-corrected chi connectivity index (χ0v) is 19.8. The fourth-order valence-electron chi connectivity index (χ4n) is 4.05. The molecule has 0 unspecified atom stereocenters. The van der Waals surface area contributed by atoms with Crippen LogP contribution < -0.4 is 4.74 Å². The SMILES string of the molecule is O=C1SC(=Cc2c(OCc3ccccc3)ccc3ccccc23)C(=O)N1Cc1ccccc1[N+](=O)[O-]. The van der Waals surface area contributed by atoms with Crippen LogP contribution in [0.3, 0.4) is 0 Å². The Labute approximate surface area is 211 Å². The molecule has 1 heterocycles. The van der Waals surface area contributed by atoms with Crippen molar-refractivity contribution >= 4 is 45.4 Å². The lowest BCUT2D eigenvalue weighted by atomic mass is 10.0. The third-order valence-corrected chi connectivity index (χ3v) is 6.74. The number of hydrogen-bond acceptors (Lipinski definition) is 6. The molecule has 0 aromatic heterocycles. The highest BCUT2D eigenvalue weighted by Crippen LogP contribution is 2.38. The van der Waals surface area contributed by atoms with E-state index in [0.29, 0.717) is 23.5 Å². The van der Waals surface area contributed by atoms with E-state index in [4.69, 9.17) is 4.74 Å². The van der Waals surface area contributed by atoms with Crippen LogP contribution in [0.4, 0.5) is 10.5 Å². The highest BCUT2D eigenvalue weighted by molar-refractivity contribution is 8.18. The molecular formula is C28H20N2O5S. The summed E-state index contributed by atoms with van der Waals surface area (Å²) < 4.78 is 6.13. The monoisotopic (exact) mass is 496 g/mol. The van der Waals surface area contributed by atoms with Crippen LogP contribution in [0.2, 0.25) is 0 Å². The van der Waals surface area contributed by atoms with Gasteiger partial charge in [-0.3, -0.25) is 24.6 Å². The fraction of sp³-hybridized carbons (Fsp3) is 0.0714. The lowest BCUT2D eigenvalue weighted by Crippen LogP contribution is -2.27. The maximum absolute atomic E-state index is 13.2. The van der Waals surface area contributed by atoms with E-state index in [1.807, 2.05) is 66.7 Å². The quantitative estimate of drug-likeness (QED) is 0.163. The molecule has 0 atom stereocenters. The molecule has 7 nitrogen and oxygen atoms in total. The van der Waals surface area contributed by atoms with Crippen LogP contribution >= 0.6 is 11.8 Å². The first kappa shape index (κ1) is 23.3. The fourth-order valence-corrected chi connectivity index (χ4v) is 4.87. The lowest BCUT2D eigenvalue weighted by molar-refractivity contribution is -0.385. The summed E-state index contributed by atoms with van der Waals surface area (Å²) in [6.07, 6.45) is 1.67. The molecule has 1 aliphatic heterocycles. The molecule has 1 fully saturated rings. The van der Waals surface area contributed by atoms with E-state index in [0.717, 1.165) is 33.0 Å². The van der Waals surface area contributed by atoms with Crippen molar-refractivity contribution in [1.29, 1.82) is 0 Å². The zero-order chi connectivity index (χ0) is 25.1. The Morgan fingerprint density at radius 2 is 1.61 bits per heavy atom. The molecule has 0 radical (unpaired) electrons. The van der Waals surface area contributed by atoms with Gasteiger partial charge < -0.3 is 4.74 Å². The van der Waals surface area contributed by atoms with Gasteiger partial charge >= 0.3 is 0 Å². The van der Waals surface area contributed by atoms with Gasteiger partial charge in [0.2, 0.25) is 0 Å². The van der Waals surface area contributed by atoms with E-state index in [1.54, 1.807) is 24.3 Å². The molecule has 8 heteroatoms. The Kier molecular flexibility index (Phi) is 6.51. The van der Waals surface area contributed by atoms with Crippen molar-refractivity contribution in [3.05, 3.63) is 123 Å². The van der Waals surface area contributed by atoms with Gasteiger partial charge in [-0.05, 0) is 40.2 Å². The maximum atomic E-state index is 13.2. The molecule has 36 heavy (non-hydrogen) atoms. The number of nitrogens with zero attached hydrogens (tertiary/aromatic N) is 2. The number of fused-ring (bicyclic) bond motifs is 1. The highest BCUT2D eigenvalue weighted by Gasteiger charge is 2.36. The number of carbonyl (C=O) groups is 2. The van der Waals surface area contributed by atoms with Gasteiger partial charge in [0.25, 0.3) is 16.8 Å². The number of hydrogen-bond donors (Lipinski definition) is 0. The summed E-state index contributed by atoms with van der Waals surface area (Å²) >= 11 is 0.815. The van der Waals surface area contributed by atoms with Gasteiger partial charge in [0.15, 0.2) is 0 Å². The van der Waals surface area contributed by atoms with E-state index in [9.17, 15) is 19.7 Å². The predicted molar refractivity (Wildman–Crippen MR) is 139 cm³/mol. The summed E-state index contributed by atoms with van der Waals surface area (Å²) in [7, 11) is 0. The molecule has 0 aliphatic carbocycles. The number of ether oxygens (including phenoxy) is 1. The number of rotatable bonds is 7. The molecule has 0 bridgehead atoms. The second-order valence-electron chi connectivity index (χ2n) is 8.13. The Bertz CT molecular complexity index is 1520. The van der Waals surface area contributed by atoms with Gasteiger partial charge in [0, 0.05) is 17.2 Å². The standard InChI is InChI=1S/C28H20N2O5S/c31-27-26(36-28(32)29(27)17-21-11-5-7-13-24(21)30(33)34)16-23-22-12-6-4-10-20(22)14-15-25(23)35-18-19-8-2-1-3-9-19/h1-16H,17-18H2. The smallest absolute Gasteiger partial charge is 0.293 e. The van der Waals surface area contributed by atoms with Gasteiger partial charge in [-0.25, -0.2) is 0 Å². The van der Waals surface area contributed by atoms with Crippen molar-refractivity contribution in [3.8, 4) is 5.75 Å². The van der Waals surface area contributed by atoms with Crippen LogP contribution in [0.1, 0.15) is 16.7 Å². The topological polar surface area (TPSA) is 89.8 Å². The van der Waals surface area contributed by atoms with Crippen molar-refractivity contribution < 1.29 is 19.2 Å². The predicted octanol–water partition coefficient (Wildman–Crippen LogP) is 6.56. The normalized spacial score (nSPS) is 14.6. The molecule has 0 saturated carbocycles. The van der Waals surface area contributed by atoms with Crippen molar-refractivity contribution in [2.24, 2.45) is 0 Å². The van der Waals surface area contributed by atoms with Crippen molar-refractivity contribution in [2.45, 2.75) is 13.2 Å². The van der Waals surface area contributed by atoms with Crippen LogP contribution in [0.5, 0.6) is 5.75 Å². The molecule has 2 amide bonds. The first-order valence-corrected chi connectivity index (χ1v) is 12.0. The average Bonchev–Trinajstić information content (AvgIpc) is 3.16. The Morgan fingerprint density at radius 1 is 0.889 bits per heavy atom. The summed E-state index contributed by atoms with van der Waals surface area (Å²) in [5, 5.41) is 12.8. The molecule has 4 aromatic rings. The van der Waals surface area contributed by atoms with E-state index >= 15 is 0 Å². The molecule has 1 aliphatic rings. The van der Waals surface area contributed by atoms with E-state index in [1.165, 1.54) is 6.07 Å². The second kappa shape index (κ2) is 10.1. The summed E-state index contributed by atoms with van der Waals surface area (Å²) in [5.41, 5.74) is 1.86. The van der Waals surface area contributed by atoms with Crippen molar-refractivity contribution in [3.63, 3.8) is 0 Å². The van der Waals surface area contributed by atoms with Crippen LogP contribution in [0, 0.1) is 10.1 Å². The van der Waals surface area contributed by atoms with Gasteiger partial charge in [0.05, 0.1) is 16.4 Å². The second-order valence-corrected chi connectivity index (χ2v) is 9.12. The third-order valence-electron chi connectivity index (χ3n) is 5.83. The van der Waals surface area contributed by atoms with Crippen LogP contribution in [-0.4, -0.2) is 21.0 Å². The molecule has 0 spiro atoms. The van der Waals surface area contributed by atoms with E-state index in [-0.39, 0.29) is 17.1 Å². The van der Waals surface area contributed by atoms with Crippen LogP contribution in [0.25, 0.3) is 16.8 Å². The minimum atomic E-state index is -0.517. The lowest BCUT2D eigenvalue weighted by Gasteiger charge is -2.13. The largest absolute Gasteiger partial charge is 0.488 e. The van der Waals surface area contributed by atoms with Gasteiger partial charge in [-0.2, -0.15) is 0 Å². The molecule has 1 saturated heterocycles.